The molecule has 0 spiro atoms. The predicted molar refractivity (Wildman–Crippen MR) is 125 cm³/mol. The highest BCUT2D eigenvalue weighted by atomic mass is 16.5. The molecule has 0 saturated carbocycles. The third kappa shape index (κ3) is 4.61. The summed E-state index contributed by atoms with van der Waals surface area (Å²) in [5.41, 5.74) is 4.29. The number of hydrogen-bond donors (Lipinski definition) is 0. The fourth-order valence-corrected chi connectivity index (χ4v) is 5.78. The molecule has 0 radical (unpaired) electrons. The van der Waals surface area contributed by atoms with Gasteiger partial charge in [-0.2, -0.15) is 0 Å². The van der Waals surface area contributed by atoms with Crippen LogP contribution in [-0.4, -0.2) is 56.2 Å². The lowest BCUT2D eigenvalue weighted by Crippen LogP contribution is -2.34. The molecule has 2 aromatic carbocycles. The van der Waals surface area contributed by atoms with Crippen molar-refractivity contribution >= 4 is 0 Å². The number of nitrogens with zero attached hydrogens (tertiary/aromatic N) is 2. The second kappa shape index (κ2) is 9.62. The van der Waals surface area contributed by atoms with Gasteiger partial charge in [0.2, 0.25) is 0 Å². The van der Waals surface area contributed by atoms with E-state index in [0.29, 0.717) is 12.0 Å². The molecular weight excluding hydrogens is 384 g/mol. The Kier molecular flexibility index (Phi) is 6.47. The van der Waals surface area contributed by atoms with E-state index in [0.717, 1.165) is 31.1 Å². The number of piperidine rings is 1. The zero-order valence-electron chi connectivity index (χ0n) is 18.9. The molecule has 3 aliphatic heterocycles. The van der Waals surface area contributed by atoms with Crippen LogP contribution in [0.2, 0.25) is 0 Å². The van der Waals surface area contributed by atoms with E-state index >= 15 is 0 Å². The Bertz CT molecular complexity index is 877. The number of hydrogen-bond acceptors (Lipinski definition) is 4. The van der Waals surface area contributed by atoms with Crippen molar-refractivity contribution in [3.63, 3.8) is 0 Å². The van der Waals surface area contributed by atoms with Crippen LogP contribution >= 0.6 is 0 Å². The molecule has 166 valence electrons. The fraction of sp³-hybridized carbons (Fsp3) is 0.556. The maximum absolute atomic E-state index is 6.22. The van der Waals surface area contributed by atoms with Crippen molar-refractivity contribution in [2.24, 2.45) is 0 Å². The number of benzene rings is 2. The molecule has 3 aliphatic rings. The zero-order valence-corrected chi connectivity index (χ0v) is 18.9. The van der Waals surface area contributed by atoms with Gasteiger partial charge in [-0.15, -0.1) is 0 Å². The topological polar surface area (TPSA) is 24.9 Å². The largest absolute Gasteiger partial charge is 0.497 e. The van der Waals surface area contributed by atoms with Gasteiger partial charge in [0.15, 0.2) is 0 Å². The molecule has 3 heterocycles. The van der Waals surface area contributed by atoms with E-state index in [1.807, 2.05) is 6.07 Å². The summed E-state index contributed by atoms with van der Waals surface area (Å²) in [4.78, 5) is 5.27. The van der Waals surface area contributed by atoms with Crippen LogP contribution in [0.3, 0.4) is 0 Å². The Morgan fingerprint density at radius 1 is 0.903 bits per heavy atom. The number of fused-ring (bicyclic) bond motifs is 3. The lowest BCUT2D eigenvalue weighted by molar-refractivity contribution is 0.204. The van der Waals surface area contributed by atoms with Gasteiger partial charge < -0.3 is 14.4 Å². The second-order valence-corrected chi connectivity index (χ2v) is 9.38. The Labute approximate surface area is 187 Å². The molecule has 2 aromatic rings. The molecular formula is C27H36N2O2. The molecule has 4 nitrogen and oxygen atoms in total. The normalized spacial score (nSPS) is 23.9. The van der Waals surface area contributed by atoms with Crippen molar-refractivity contribution in [1.29, 1.82) is 0 Å². The monoisotopic (exact) mass is 420 g/mol. The van der Waals surface area contributed by atoms with Crippen LogP contribution in [0.25, 0.3) is 0 Å². The molecule has 0 unspecified atom stereocenters. The molecule has 0 aromatic heterocycles. The Balaban J connectivity index is 1.31. The third-order valence-corrected chi connectivity index (χ3v) is 7.41. The van der Waals surface area contributed by atoms with Crippen LogP contribution in [0.1, 0.15) is 67.2 Å². The first-order valence-electron chi connectivity index (χ1n) is 12.2. The summed E-state index contributed by atoms with van der Waals surface area (Å²) < 4.78 is 11.7. The van der Waals surface area contributed by atoms with Crippen LogP contribution in [-0.2, 0) is 0 Å². The smallest absolute Gasteiger partial charge is 0.119 e. The van der Waals surface area contributed by atoms with Crippen LogP contribution < -0.4 is 9.47 Å². The van der Waals surface area contributed by atoms with Gasteiger partial charge in [-0.3, -0.25) is 4.90 Å². The van der Waals surface area contributed by atoms with Gasteiger partial charge in [-0.25, -0.2) is 0 Å². The van der Waals surface area contributed by atoms with Gasteiger partial charge in [-0.05, 0) is 92.7 Å². The van der Waals surface area contributed by atoms with Crippen molar-refractivity contribution in [3.05, 3.63) is 59.2 Å². The quantitative estimate of drug-likeness (QED) is 0.573. The number of methoxy groups -OCH3 is 1. The van der Waals surface area contributed by atoms with Crippen LogP contribution in [0.5, 0.6) is 11.5 Å². The van der Waals surface area contributed by atoms with Crippen molar-refractivity contribution in [2.75, 3.05) is 46.4 Å². The van der Waals surface area contributed by atoms with E-state index in [-0.39, 0.29) is 0 Å². The van der Waals surface area contributed by atoms with Gasteiger partial charge in [0.1, 0.15) is 11.5 Å². The maximum Gasteiger partial charge on any atom is 0.119 e. The SMILES string of the molecule is COc1cccc([C@H]2CN3CCC[C@@H]3c3cc(OCCCN4CCCCC4)ccc32)c1. The molecule has 2 saturated heterocycles. The van der Waals surface area contributed by atoms with Gasteiger partial charge >= 0.3 is 0 Å². The predicted octanol–water partition coefficient (Wildman–Crippen LogP) is 5.23. The number of ether oxygens (including phenoxy) is 2. The molecule has 31 heavy (non-hydrogen) atoms. The minimum Gasteiger partial charge on any atom is -0.497 e. The average molecular weight is 421 g/mol. The van der Waals surface area contributed by atoms with E-state index in [1.165, 1.54) is 75.0 Å². The lowest BCUT2D eigenvalue weighted by Gasteiger charge is -2.37. The fourth-order valence-electron chi connectivity index (χ4n) is 5.78. The van der Waals surface area contributed by atoms with Gasteiger partial charge in [0, 0.05) is 25.0 Å². The third-order valence-electron chi connectivity index (χ3n) is 7.41. The Morgan fingerprint density at radius 3 is 2.68 bits per heavy atom. The standard InChI is InChI=1S/C27H36N2O2/c1-30-22-9-5-8-21(18-22)26-20-29-16-6-10-27(29)25-19-23(11-12-24(25)26)31-17-7-15-28-13-3-2-4-14-28/h5,8-9,11-12,18-19,26-27H,2-4,6-7,10,13-17,20H2,1H3/t26-,27-/m1/s1. The summed E-state index contributed by atoms with van der Waals surface area (Å²) in [7, 11) is 1.75. The van der Waals surface area contributed by atoms with Crippen LogP contribution in [0.4, 0.5) is 0 Å². The molecule has 0 N–H and O–H groups in total. The van der Waals surface area contributed by atoms with Crippen molar-refractivity contribution in [3.8, 4) is 11.5 Å². The van der Waals surface area contributed by atoms with Crippen molar-refractivity contribution in [2.45, 2.75) is 50.5 Å². The van der Waals surface area contributed by atoms with E-state index in [9.17, 15) is 0 Å². The molecule has 4 heteroatoms. The minimum atomic E-state index is 0.396. The highest BCUT2D eigenvalue weighted by molar-refractivity contribution is 5.47. The molecule has 5 rings (SSSR count). The first-order chi connectivity index (χ1) is 15.3. The van der Waals surface area contributed by atoms with Crippen molar-refractivity contribution < 1.29 is 9.47 Å². The molecule has 0 bridgehead atoms. The summed E-state index contributed by atoms with van der Waals surface area (Å²) in [5, 5.41) is 0. The Hall–Kier alpha value is -2.04. The van der Waals surface area contributed by atoms with Gasteiger partial charge in [0.25, 0.3) is 0 Å². The van der Waals surface area contributed by atoms with E-state index < -0.39 is 0 Å². The molecule has 2 atom stereocenters. The number of likely N-dealkylation sites (tertiary alicyclic amines) is 1. The van der Waals surface area contributed by atoms with Gasteiger partial charge in [0.05, 0.1) is 13.7 Å². The lowest BCUT2D eigenvalue weighted by atomic mass is 9.81. The molecule has 0 amide bonds. The summed E-state index contributed by atoms with van der Waals surface area (Å²) in [6.45, 7) is 6.80. The first kappa shape index (κ1) is 20.8. The van der Waals surface area contributed by atoms with Crippen molar-refractivity contribution in [1.82, 2.24) is 9.80 Å². The highest BCUT2D eigenvalue weighted by Crippen LogP contribution is 2.45. The Morgan fingerprint density at radius 2 is 1.81 bits per heavy atom. The summed E-state index contributed by atoms with van der Waals surface area (Å²) in [6.07, 6.45) is 7.78. The molecule has 2 fully saturated rings. The minimum absolute atomic E-state index is 0.396. The highest BCUT2D eigenvalue weighted by Gasteiger charge is 2.36. The van der Waals surface area contributed by atoms with Crippen LogP contribution in [0.15, 0.2) is 42.5 Å². The van der Waals surface area contributed by atoms with E-state index in [1.54, 1.807) is 7.11 Å². The van der Waals surface area contributed by atoms with Crippen LogP contribution in [0, 0.1) is 0 Å². The first-order valence-corrected chi connectivity index (χ1v) is 12.2. The van der Waals surface area contributed by atoms with Gasteiger partial charge in [-0.1, -0.05) is 24.6 Å². The summed E-state index contributed by atoms with van der Waals surface area (Å²) in [5.74, 6) is 2.37. The summed E-state index contributed by atoms with van der Waals surface area (Å²) in [6, 6.07) is 16.0. The molecule has 0 aliphatic carbocycles. The van der Waals surface area contributed by atoms with E-state index in [2.05, 4.69) is 46.2 Å². The summed E-state index contributed by atoms with van der Waals surface area (Å²) >= 11 is 0. The van der Waals surface area contributed by atoms with E-state index in [4.69, 9.17) is 9.47 Å². The average Bonchev–Trinajstić information content (AvgIpc) is 3.31. The zero-order chi connectivity index (χ0) is 21.0. The maximum atomic E-state index is 6.22. The number of rotatable bonds is 7. The second-order valence-electron chi connectivity index (χ2n) is 9.38.